The molecule has 0 bridgehead atoms. The van der Waals surface area contributed by atoms with Crippen LogP contribution in [-0.2, 0) is 13.0 Å². The SMILES string of the molecule is C[C@]12CCC3c4ccc(O)cc4CCC3C1CC[C@@]2(O)/C=C\c1cccc(CN)c1. The van der Waals surface area contributed by atoms with Crippen molar-refractivity contribution in [2.45, 2.75) is 63.5 Å². The first kappa shape index (κ1) is 19.8. The summed E-state index contributed by atoms with van der Waals surface area (Å²) in [5.41, 5.74) is 9.95. The lowest BCUT2D eigenvalue weighted by molar-refractivity contribution is -0.0705. The van der Waals surface area contributed by atoms with Gasteiger partial charge in [-0.05, 0) is 90.7 Å². The van der Waals surface area contributed by atoms with Crippen LogP contribution in [0.4, 0.5) is 0 Å². The highest BCUT2D eigenvalue weighted by Crippen LogP contribution is 2.64. The molecule has 0 aromatic heterocycles. The highest BCUT2D eigenvalue weighted by molar-refractivity contribution is 5.52. The first-order valence-electron chi connectivity index (χ1n) is 11.5. The van der Waals surface area contributed by atoms with E-state index < -0.39 is 5.60 Å². The Morgan fingerprint density at radius 2 is 1.97 bits per heavy atom. The lowest BCUT2D eigenvalue weighted by Gasteiger charge is -2.52. The largest absolute Gasteiger partial charge is 0.508 e. The van der Waals surface area contributed by atoms with Crippen molar-refractivity contribution in [3.8, 4) is 5.75 Å². The van der Waals surface area contributed by atoms with Gasteiger partial charge in [-0.3, -0.25) is 0 Å². The van der Waals surface area contributed by atoms with Gasteiger partial charge in [0.15, 0.2) is 0 Å². The lowest BCUT2D eigenvalue weighted by atomic mass is 9.53. The van der Waals surface area contributed by atoms with Crippen molar-refractivity contribution in [3.63, 3.8) is 0 Å². The Balaban J connectivity index is 1.42. The van der Waals surface area contributed by atoms with Gasteiger partial charge in [0, 0.05) is 12.0 Å². The van der Waals surface area contributed by atoms with Crippen molar-refractivity contribution in [2.24, 2.45) is 23.0 Å². The van der Waals surface area contributed by atoms with Crippen LogP contribution in [0.1, 0.15) is 67.2 Å². The first-order valence-corrected chi connectivity index (χ1v) is 11.5. The quantitative estimate of drug-likeness (QED) is 0.664. The Labute approximate surface area is 179 Å². The monoisotopic (exact) mass is 403 g/mol. The van der Waals surface area contributed by atoms with Crippen LogP contribution in [0.15, 0.2) is 48.5 Å². The molecule has 0 aliphatic heterocycles. The van der Waals surface area contributed by atoms with E-state index in [4.69, 9.17) is 5.73 Å². The fraction of sp³-hybridized carbons (Fsp3) is 0.481. The van der Waals surface area contributed by atoms with E-state index in [1.807, 2.05) is 24.3 Å². The zero-order chi connectivity index (χ0) is 20.9. The minimum atomic E-state index is -0.753. The molecular formula is C27H33NO2. The molecule has 3 unspecified atom stereocenters. The van der Waals surface area contributed by atoms with E-state index in [0.29, 0.717) is 30.0 Å². The topological polar surface area (TPSA) is 66.5 Å². The van der Waals surface area contributed by atoms with E-state index in [-0.39, 0.29) is 5.41 Å². The molecule has 158 valence electrons. The number of aliphatic hydroxyl groups is 1. The second kappa shape index (κ2) is 7.25. The Morgan fingerprint density at radius 1 is 1.10 bits per heavy atom. The van der Waals surface area contributed by atoms with E-state index in [1.54, 1.807) is 0 Å². The minimum Gasteiger partial charge on any atom is -0.508 e. The number of nitrogens with two attached hydrogens (primary N) is 1. The van der Waals surface area contributed by atoms with Gasteiger partial charge in [-0.15, -0.1) is 0 Å². The molecule has 3 heteroatoms. The maximum Gasteiger partial charge on any atom is 0.115 e. The normalized spacial score (nSPS) is 35.1. The molecule has 5 atom stereocenters. The van der Waals surface area contributed by atoms with Crippen molar-refractivity contribution in [3.05, 3.63) is 70.8 Å². The molecule has 4 N–H and O–H groups in total. The van der Waals surface area contributed by atoms with Crippen LogP contribution in [-0.4, -0.2) is 15.8 Å². The third kappa shape index (κ3) is 3.02. The highest BCUT2D eigenvalue weighted by atomic mass is 16.3. The number of aryl methyl sites for hydroxylation is 1. The average Bonchev–Trinajstić information content (AvgIpc) is 3.03. The molecule has 0 heterocycles. The smallest absolute Gasteiger partial charge is 0.115 e. The van der Waals surface area contributed by atoms with E-state index >= 15 is 0 Å². The van der Waals surface area contributed by atoms with Crippen LogP contribution in [0, 0.1) is 17.3 Å². The summed E-state index contributed by atoms with van der Waals surface area (Å²) in [6, 6.07) is 14.2. The molecule has 0 spiro atoms. The van der Waals surface area contributed by atoms with Gasteiger partial charge in [-0.1, -0.05) is 49.4 Å². The number of hydrogen-bond acceptors (Lipinski definition) is 3. The van der Waals surface area contributed by atoms with E-state index in [1.165, 1.54) is 17.5 Å². The first-order chi connectivity index (χ1) is 14.4. The average molecular weight is 404 g/mol. The van der Waals surface area contributed by atoms with Crippen molar-refractivity contribution in [1.29, 1.82) is 0 Å². The highest BCUT2D eigenvalue weighted by Gasteiger charge is 2.60. The second-order valence-electron chi connectivity index (χ2n) is 10.0. The number of rotatable bonds is 3. The van der Waals surface area contributed by atoms with Crippen molar-refractivity contribution < 1.29 is 10.2 Å². The number of phenols is 1. The Kier molecular flexibility index (Phi) is 4.79. The molecule has 2 fully saturated rings. The molecule has 2 aromatic carbocycles. The zero-order valence-corrected chi connectivity index (χ0v) is 17.8. The van der Waals surface area contributed by atoms with Crippen LogP contribution < -0.4 is 5.73 Å². The molecule has 3 aliphatic rings. The van der Waals surface area contributed by atoms with Crippen molar-refractivity contribution in [2.75, 3.05) is 0 Å². The second-order valence-corrected chi connectivity index (χ2v) is 10.0. The Bertz CT molecular complexity index is 983. The molecule has 0 radical (unpaired) electrons. The summed E-state index contributed by atoms with van der Waals surface area (Å²) in [7, 11) is 0. The molecule has 5 rings (SSSR count). The van der Waals surface area contributed by atoms with Gasteiger partial charge >= 0.3 is 0 Å². The van der Waals surface area contributed by atoms with Gasteiger partial charge in [-0.25, -0.2) is 0 Å². The van der Waals surface area contributed by atoms with Crippen LogP contribution >= 0.6 is 0 Å². The number of phenolic OH excluding ortho intramolecular Hbond substituents is 1. The summed E-state index contributed by atoms with van der Waals surface area (Å²) in [5, 5.41) is 21.7. The van der Waals surface area contributed by atoms with Crippen molar-refractivity contribution in [1.82, 2.24) is 0 Å². The number of fused-ring (bicyclic) bond motifs is 5. The molecule has 0 saturated heterocycles. The van der Waals surface area contributed by atoms with Crippen LogP contribution in [0.2, 0.25) is 0 Å². The summed E-state index contributed by atoms with van der Waals surface area (Å²) in [4.78, 5) is 0. The summed E-state index contributed by atoms with van der Waals surface area (Å²) < 4.78 is 0. The molecule has 30 heavy (non-hydrogen) atoms. The van der Waals surface area contributed by atoms with Gasteiger partial charge in [-0.2, -0.15) is 0 Å². The predicted molar refractivity (Wildman–Crippen MR) is 121 cm³/mol. The molecular weight excluding hydrogens is 370 g/mol. The number of aromatic hydroxyl groups is 1. The summed E-state index contributed by atoms with van der Waals surface area (Å²) in [6.45, 7) is 2.86. The standard InChI is InChI=1S/C27H33NO2/c1-26-12-10-23-22-8-6-21(29)16-20(22)5-7-24(23)25(26)11-14-27(26,30)13-9-18-3-2-4-19(15-18)17-28/h2-4,6,8-9,13,15-16,23-25,29-30H,5,7,10-12,14,17,28H2,1H3/b13-9-/t23?,24?,25?,26-,27-/m0/s1. The van der Waals surface area contributed by atoms with Gasteiger partial charge in [0.2, 0.25) is 0 Å². The predicted octanol–water partition coefficient (Wildman–Crippen LogP) is 5.15. The Hall–Kier alpha value is -2.10. The molecule has 2 saturated carbocycles. The maximum absolute atomic E-state index is 11.8. The molecule has 0 amide bonds. The van der Waals surface area contributed by atoms with E-state index in [9.17, 15) is 10.2 Å². The fourth-order valence-corrected chi connectivity index (χ4v) is 6.95. The lowest BCUT2D eigenvalue weighted by Crippen LogP contribution is -2.49. The Morgan fingerprint density at radius 3 is 2.80 bits per heavy atom. The molecule has 3 nitrogen and oxygen atoms in total. The summed E-state index contributed by atoms with van der Waals surface area (Å²) in [6.07, 6.45) is 10.5. The fourth-order valence-electron chi connectivity index (χ4n) is 6.95. The zero-order valence-electron chi connectivity index (χ0n) is 17.8. The summed E-state index contributed by atoms with van der Waals surface area (Å²) in [5.74, 6) is 2.12. The van der Waals surface area contributed by atoms with Gasteiger partial charge in [0.05, 0.1) is 5.60 Å². The number of benzene rings is 2. The molecule has 2 aromatic rings. The van der Waals surface area contributed by atoms with Gasteiger partial charge in [0.25, 0.3) is 0 Å². The van der Waals surface area contributed by atoms with Crippen LogP contribution in [0.25, 0.3) is 6.08 Å². The molecule has 3 aliphatic carbocycles. The summed E-state index contributed by atoms with van der Waals surface area (Å²) >= 11 is 0. The van der Waals surface area contributed by atoms with Gasteiger partial charge in [0.1, 0.15) is 5.75 Å². The minimum absolute atomic E-state index is 0.0788. The third-order valence-electron chi connectivity index (χ3n) is 8.66. The number of hydrogen-bond donors (Lipinski definition) is 3. The van der Waals surface area contributed by atoms with Gasteiger partial charge < -0.3 is 15.9 Å². The van der Waals surface area contributed by atoms with Crippen molar-refractivity contribution >= 4 is 6.08 Å². The maximum atomic E-state index is 11.8. The third-order valence-corrected chi connectivity index (χ3v) is 8.66. The van der Waals surface area contributed by atoms with Crippen LogP contribution in [0.5, 0.6) is 5.75 Å². The van der Waals surface area contributed by atoms with Crippen LogP contribution in [0.3, 0.4) is 0 Å². The van der Waals surface area contributed by atoms with E-state index in [2.05, 4.69) is 37.3 Å². The van der Waals surface area contributed by atoms with E-state index in [0.717, 1.165) is 43.2 Å².